The number of anilines is 1. The summed E-state index contributed by atoms with van der Waals surface area (Å²) in [4.78, 5) is 16.6. The first-order chi connectivity index (χ1) is 15.4. The topological polar surface area (TPSA) is 76.2 Å². The third-order valence-corrected chi connectivity index (χ3v) is 6.49. The Balaban J connectivity index is 1.81. The van der Waals surface area contributed by atoms with Crippen LogP contribution in [0.2, 0.25) is 0 Å². The highest BCUT2D eigenvalue weighted by atomic mass is 32.2. The Morgan fingerprint density at radius 1 is 1.03 bits per heavy atom. The number of sulfone groups is 1. The molecule has 2 aromatic carbocycles. The zero-order chi connectivity index (χ0) is 24.4. The van der Waals surface area contributed by atoms with Crippen LogP contribution in [0.3, 0.4) is 0 Å². The molecule has 1 atom stereocenters. The Morgan fingerprint density at radius 2 is 1.64 bits per heavy atom. The van der Waals surface area contributed by atoms with Crippen LogP contribution in [0.15, 0.2) is 47.4 Å². The molecule has 1 fully saturated rings. The van der Waals surface area contributed by atoms with Gasteiger partial charge in [0.2, 0.25) is 0 Å². The average molecular weight is 487 g/mol. The van der Waals surface area contributed by atoms with Crippen molar-refractivity contribution >= 4 is 21.4 Å². The minimum Gasteiger partial charge on any atom is -0.497 e. The molecule has 0 spiro atoms. The lowest BCUT2D eigenvalue weighted by Gasteiger charge is -2.36. The average Bonchev–Trinajstić information content (AvgIpc) is 2.77. The fraction of sp³-hybridized carbons (Fsp3) is 0.409. The number of alkyl halides is 3. The SMILES string of the molecule is COc1ccc(N2CCN(C(=O)c3cc(S(C)(=O)=O)ccc3OC(C)C(F)(F)F)CC2)cc1. The maximum Gasteiger partial charge on any atom is 0.425 e. The Hall–Kier alpha value is -2.95. The van der Waals surface area contributed by atoms with E-state index in [2.05, 4.69) is 4.90 Å². The Bertz CT molecular complexity index is 1100. The standard InChI is InChI=1S/C22H25F3N2O5S/c1-15(22(23,24)25)32-20-9-8-18(33(3,29)30)14-19(20)21(28)27-12-10-26(11-13-27)16-4-6-17(31-2)7-5-16/h4-9,14-15H,10-13H2,1-3H3. The minimum atomic E-state index is -4.64. The van der Waals surface area contributed by atoms with E-state index in [9.17, 15) is 26.4 Å². The lowest BCUT2D eigenvalue weighted by atomic mass is 10.1. The normalized spacial score (nSPS) is 15.8. The molecule has 1 unspecified atom stereocenters. The number of carbonyl (C=O) groups is 1. The van der Waals surface area contributed by atoms with Crippen LogP contribution in [0.4, 0.5) is 18.9 Å². The Kier molecular flexibility index (Phi) is 7.11. The number of hydrogen-bond donors (Lipinski definition) is 0. The van der Waals surface area contributed by atoms with Crippen LogP contribution in [0, 0.1) is 0 Å². The monoisotopic (exact) mass is 486 g/mol. The van der Waals surface area contributed by atoms with Gasteiger partial charge in [0, 0.05) is 38.1 Å². The van der Waals surface area contributed by atoms with Gasteiger partial charge in [-0.1, -0.05) is 0 Å². The van der Waals surface area contributed by atoms with Crippen LogP contribution in [0.25, 0.3) is 0 Å². The summed E-state index contributed by atoms with van der Waals surface area (Å²) in [6, 6.07) is 10.8. The van der Waals surface area contributed by atoms with E-state index in [4.69, 9.17) is 9.47 Å². The minimum absolute atomic E-state index is 0.172. The van der Waals surface area contributed by atoms with Gasteiger partial charge in [-0.15, -0.1) is 0 Å². The van der Waals surface area contributed by atoms with Gasteiger partial charge in [-0.3, -0.25) is 4.79 Å². The third kappa shape index (κ3) is 5.89. The summed E-state index contributed by atoms with van der Waals surface area (Å²) in [5.74, 6) is -0.173. The predicted octanol–water partition coefficient (Wildman–Crippen LogP) is 3.39. The number of ether oxygens (including phenoxy) is 2. The van der Waals surface area contributed by atoms with Crippen molar-refractivity contribution in [1.29, 1.82) is 0 Å². The number of carbonyl (C=O) groups excluding carboxylic acids is 1. The molecule has 0 aliphatic carbocycles. The van der Waals surface area contributed by atoms with Gasteiger partial charge in [0.15, 0.2) is 15.9 Å². The van der Waals surface area contributed by atoms with E-state index in [1.165, 1.54) is 4.90 Å². The molecule has 0 saturated carbocycles. The highest BCUT2D eigenvalue weighted by molar-refractivity contribution is 7.90. The number of nitrogens with zero attached hydrogens (tertiary/aromatic N) is 2. The van der Waals surface area contributed by atoms with Crippen molar-refractivity contribution < 1.29 is 35.9 Å². The molecular weight excluding hydrogens is 461 g/mol. The van der Waals surface area contributed by atoms with Crippen molar-refractivity contribution in [2.45, 2.75) is 24.1 Å². The quantitative estimate of drug-likeness (QED) is 0.623. The first-order valence-electron chi connectivity index (χ1n) is 10.2. The first kappa shape index (κ1) is 24.7. The molecule has 7 nitrogen and oxygen atoms in total. The molecule has 1 amide bonds. The first-order valence-corrected chi connectivity index (χ1v) is 12.0. The van der Waals surface area contributed by atoms with E-state index in [-0.39, 0.29) is 16.2 Å². The molecular formula is C22H25F3N2O5S. The second-order valence-electron chi connectivity index (χ2n) is 7.71. The number of benzene rings is 2. The maximum atomic E-state index is 13.2. The second kappa shape index (κ2) is 9.50. The number of methoxy groups -OCH3 is 1. The van der Waals surface area contributed by atoms with Crippen LogP contribution in [0.5, 0.6) is 11.5 Å². The fourth-order valence-electron chi connectivity index (χ4n) is 3.40. The predicted molar refractivity (Wildman–Crippen MR) is 117 cm³/mol. The number of rotatable bonds is 6. The lowest BCUT2D eigenvalue weighted by Crippen LogP contribution is -2.49. The van der Waals surface area contributed by atoms with E-state index >= 15 is 0 Å². The van der Waals surface area contributed by atoms with E-state index in [0.29, 0.717) is 26.2 Å². The van der Waals surface area contributed by atoms with Crippen molar-refractivity contribution in [3.8, 4) is 11.5 Å². The Labute approximate surface area is 190 Å². The molecule has 11 heteroatoms. The van der Waals surface area contributed by atoms with Crippen LogP contribution in [0.1, 0.15) is 17.3 Å². The van der Waals surface area contributed by atoms with Gasteiger partial charge in [0.25, 0.3) is 5.91 Å². The molecule has 3 rings (SSSR count). The maximum absolute atomic E-state index is 13.2. The van der Waals surface area contributed by atoms with Gasteiger partial charge in [-0.2, -0.15) is 13.2 Å². The summed E-state index contributed by atoms with van der Waals surface area (Å²) >= 11 is 0. The second-order valence-corrected chi connectivity index (χ2v) is 9.72. The fourth-order valence-corrected chi connectivity index (χ4v) is 4.05. The molecule has 180 valence electrons. The van der Waals surface area contributed by atoms with E-state index in [0.717, 1.165) is 42.8 Å². The van der Waals surface area contributed by atoms with Gasteiger partial charge in [-0.05, 0) is 49.4 Å². The van der Waals surface area contributed by atoms with Crippen LogP contribution in [-0.4, -0.2) is 71.0 Å². The van der Waals surface area contributed by atoms with Crippen molar-refractivity contribution in [2.24, 2.45) is 0 Å². The molecule has 2 aromatic rings. The molecule has 0 N–H and O–H groups in total. The van der Waals surface area contributed by atoms with Gasteiger partial charge in [-0.25, -0.2) is 8.42 Å². The summed E-state index contributed by atoms with van der Waals surface area (Å²) < 4.78 is 73.1. The zero-order valence-electron chi connectivity index (χ0n) is 18.4. The molecule has 0 radical (unpaired) electrons. The van der Waals surface area contributed by atoms with E-state index in [1.807, 2.05) is 24.3 Å². The van der Waals surface area contributed by atoms with Crippen LogP contribution < -0.4 is 14.4 Å². The Morgan fingerprint density at radius 3 is 2.15 bits per heavy atom. The summed E-state index contributed by atoms with van der Waals surface area (Å²) in [6.45, 7) is 2.44. The van der Waals surface area contributed by atoms with E-state index < -0.39 is 28.0 Å². The molecule has 1 heterocycles. The lowest BCUT2D eigenvalue weighted by molar-refractivity contribution is -0.189. The molecule has 1 aliphatic heterocycles. The zero-order valence-corrected chi connectivity index (χ0v) is 19.2. The van der Waals surface area contributed by atoms with Gasteiger partial charge >= 0.3 is 6.18 Å². The van der Waals surface area contributed by atoms with E-state index in [1.54, 1.807) is 7.11 Å². The number of piperazine rings is 1. The van der Waals surface area contributed by atoms with Crippen LogP contribution in [-0.2, 0) is 9.84 Å². The molecule has 1 aliphatic rings. The summed E-state index contributed by atoms with van der Waals surface area (Å²) in [5, 5.41) is 0. The number of halogens is 3. The molecule has 0 bridgehead atoms. The number of amides is 1. The third-order valence-electron chi connectivity index (χ3n) is 5.38. The highest BCUT2D eigenvalue weighted by Crippen LogP contribution is 2.30. The summed E-state index contributed by atoms with van der Waals surface area (Å²) in [5.41, 5.74) is 0.733. The van der Waals surface area contributed by atoms with Crippen molar-refractivity contribution in [1.82, 2.24) is 4.90 Å². The van der Waals surface area contributed by atoms with Gasteiger partial charge in [0.05, 0.1) is 17.6 Å². The largest absolute Gasteiger partial charge is 0.497 e. The highest BCUT2D eigenvalue weighted by Gasteiger charge is 2.39. The summed E-state index contributed by atoms with van der Waals surface area (Å²) in [7, 11) is -2.11. The van der Waals surface area contributed by atoms with Gasteiger partial charge in [0.1, 0.15) is 11.5 Å². The van der Waals surface area contributed by atoms with Crippen molar-refractivity contribution in [3.63, 3.8) is 0 Å². The van der Waals surface area contributed by atoms with Crippen molar-refractivity contribution in [2.75, 3.05) is 44.4 Å². The summed E-state index contributed by atoms with van der Waals surface area (Å²) in [6.07, 6.45) is -5.84. The smallest absolute Gasteiger partial charge is 0.425 e. The number of hydrogen-bond acceptors (Lipinski definition) is 6. The molecule has 1 saturated heterocycles. The van der Waals surface area contributed by atoms with Gasteiger partial charge < -0.3 is 19.3 Å². The van der Waals surface area contributed by atoms with Crippen LogP contribution >= 0.6 is 0 Å². The van der Waals surface area contributed by atoms with Crippen molar-refractivity contribution in [3.05, 3.63) is 48.0 Å². The molecule has 33 heavy (non-hydrogen) atoms. The molecule has 0 aromatic heterocycles.